The van der Waals surface area contributed by atoms with Crippen molar-refractivity contribution in [3.63, 3.8) is 0 Å². The van der Waals surface area contributed by atoms with Crippen LogP contribution >= 0.6 is 7.82 Å². The van der Waals surface area contributed by atoms with Gasteiger partial charge in [0.05, 0.1) is 5.92 Å². The lowest BCUT2D eigenvalue weighted by Gasteiger charge is -2.44. The predicted octanol–water partition coefficient (Wildman–Crippen LogP) is -1.01. The van der Waals surface area contributed by atoms with Gasteiger partial charge in [-0.25, -0.2) is 4.57 Å². The van der Waals surface area contributed by atoms with Crippen LogP contribution in [-0.4, -0.2) is 77.3 Å². The second kappa shape index (κ2) is 11.3. The highest BCUT2D eigenvalue weighted by atomic mass is 31.2. The second-order valence-electron chi connectivity index (χ2n) is 6.38. The third kappa shape index (κ3) is 8.71. The zero-order chi connectivity index (χ0) is 23.9. The number of aldehydes is 1. The average Bonchev–Trinajstić information content (AvgIpc) is 2.58. The molecule has 0 bridgehead atoms. The number of ether oxygens (including phenoxy) is 5. The molecule has 1 aliphatic heterocycles. The number of rotatable bonds is 9. The predicted molar refractivity (Wildman–Crippen MR) is 94.6 cm³/mol. The lowest BCUT2D eigenvalue weighted by atomic mass is 9.87. The Morgan fingerprint density at radius 1 is 0.968 bits per heavy atom. The quantitative estimate of drug-likeness (QED) is 0.180. The van der Waals surface area contributed by atoms with Crippen molar-refractivity contribution in [3.8, 4) is 0 Å². The lowest BCUT2D eigenvalue weighted by molar-refractivity contribution is -0.283. The van der Waals surface area contributed by atoms with Crippen LogP contribution in [0.5, 0.6) is 0 Å². The summed E-state index contributed by atoms with van der Waals surface area (Å²) >= 11 is 0. The van der Waals surface area contributed by atoms with E-state index in [1.54, 1.807) is 0 Å². The first kappa shape index (κ1) is 26.7. The van der Waals surface area contributed by atoms with Crippen molar-refractivity contribution in [3.05, 3.63) is 0 Å². The Morgan fingerprint density at radius 3 is 1.94 bits per heavy atom. The van der Waals surface area contributed by atoms with Gasteiger partial charge in [-0.2, -0.15) is 0 Å². The Kier molecular flexibility index (Phi) is 9.72. The zero-order valence-corrected chi connectivity index (χ0v) is 17.9. The van der Waals surface area contributed by atoms with Gasteiger partial charge in [0.2, 0.25) is 6.29 Å². The maximum absolute atomic E-state index is 11.8. The molecule has 1 heterocycles. The molecule has 176 valence electrons. The van der Waals surface area contributed by atoms with Crippen LogP contribution in [0.2, 0.25) is 0 Å². The molecule has 0 aromatic rings. The van der Waals surface area contributed by atoms with Gasteiger partial charge < -0.3 is 38.3 Å². The summed E-state index contributed by atoms with van der Waals surface area (Å²) in [6, 6.07) is 0. The van der Waals surface area contributed by atoms with Gasteiger partial charge in [0, 0.05) is 27.7 Å². The topological polar surface area (TPSA) is 198 Å². The van der Waals surface area contributed by atoms with E-state index in [9.17, 15) is 38.3 Å². The Labute approximate surface area is 176 Å². The number of carbonyl (C=O) groups excluding carboxylic acids is 5. The molecular formula is C16H23O14P. The number of esters is 4. The highest BCUT2D eigenvalue weighted by molar-refractivity contribution is 7.46. The van der Waals surface area contributed by atoms with E-state index in [1.165, 1.54) is 0 Å². The van der Waals surface area contributed by atoms with E-state index in [-0.39, 0.29) is 6.29 Å². The highest BCUT2D eigenvalue weighted by Crippen LogP contribution is 2.43. The molecule has 6 atom stereocenters. The van der Waals surface area contributed by atoms with Crippen LogP contribution in [0.25, 0.3) is 0 Å². The molecule has 0 amide bonds. The van der Waals surface area contributed by atoms with Crippen molar-refractivity contribution < 1.29 is 66.5 Å². The smallest absolute Gasteiger partial charge is 0.462 e. The van der Waals surface area contributed by atoms with Gasteiger partial charge in [-0.05, 0) is 0 Å². The summed E-state index contributed by atoms with van der Waals surface area (Å²) in [6.07, 6.45) is -8.25. The first-order chi connectivity index (χ1) is 14.2. The van der Waals surface area contributed by atoms with Crippen LogP contribution in [0, 0.1) is 5.92 Å². The van der Waals surface area contributed by atoms with Gasteiger partial charge in [-0.3, -0.25) is 23.7 Å². The summed E-state index contributed by atoms with van der Waals surface area (Å²) in [6.45, 7) is 3.38. The van der Waals surface area contributed by atoms with Crippen molar-refractivity contribution in [2.24, 2.45) is 5.92 Å². The van der Waals surface area contributed by atoms with E-state index in [0.29, 0.717) is 0 Å². The Balaban J connectivity index is 3.46. The Morgan fingerprint density at radius 2 is 1.52 bits per heavy atom. The molecule has 14 nitrogen and oxygen atoms in total. The maximum Gasteiger partial charge on any atom is 0.472 e. The molecule has 1 aliphatic rings. The number of phosphoric ester groups is 1. The van der Waals surface area contributed by atoms with Crippen LogP contribution in [0.4, 0.5) is 0 Å². The molecule has 0 saturated carbocycles. The van der Waals surface area contributed by atoms with Crippen LogP contribution in [0.15, 0.2) is 0 Å². The second-order valence-corrected chi connectivity index (χ2v) is 7.57. The van der Waals surface area contributed by atoms with Gasteiger partial charge >= 0.3 is 31.7 Å². The first-order valence-electron chi connectivity index (χ1n) is 8.74. The summed E-state index contributed by atoms with van der Waals surface area (Å²) in [5.41, 5.74) is 0. The van der Waals surface area contributed by atoms with Crippen LogP contribution in [0.1, 0.15) is 27.7 Å². The van der Waals surface area contributed by atoms with Crippen molar-refractivity contribution >= 4 is 38.0 Å². The van der Waals surface area contributed by atoms with Gasteiger partial charge in [-0.15, -0.1) is 0 Å². The molecule has 1 fully saturated rings. The largest absolute Gasteiger partial charge is 0.472 e. The van der Waals surface area contributed by atoms with Gasteiger partial charge in [-0.1, -0.05) is 0 Å². The molecule has 1 saturated heterocycles. The summed E-state index contributed by atoms with van der Waals surface area (Å²) in [4.78, 5) is 76.0. The van der Waals surface area contributed by atoms with Crippen LogP contribution < -0.4 is 0 Å². The van der Waals surface area contributed by atoms with E-state index >= 15 is 0 Å². The third-order valence-electron chi connectivity index (χ3n) is 3.78. The highest BCUT2D eigenvalue weighted by Gasteiger charge is 2.55. The third-order valence-corrected chi connectivity index (χ3v) is 4.26. The van der Waals surface area contributed by atoms with Crippen molar-refractivity contribution in [2.75, 3.05) is 6.61 Å². The molecule has 0 aliphatic carbocycles. The number of hydrogen-bond acceptors (Lipinski definition) is 12. The molecule has 3 unspecified atom stereocenters. The molecule has 1 rings (SSSR count). The van der Waals surface area contributed by atoms with Gasteiger partial charge in [0.1, 0.15) is 25.1 Å². The fraction of sp³-hybridized carbons (Fsp3) is 0.688. The molecule has 0 aromatic heterocycles. The van der Waals surface area contributed by atoms with E-state index in [2.05, 4.69) is 4.52 Å². The first-order valence-corrected chi connectivity index (χ1v) is 10.3. The van der Waals surface area contributed by atoms with Gasteiger partial charge in [0.15, 0.2) is 12.2 Å². The fourth-order valence-corrected chi connectivity index (χ4v) is 3.28. The zero-order valence-electron chi connectivity index (χ0n) is 17.0. The number of carbonyl (C=O) groups is 5. The molecule has 31 heavy (non-hydrogen) atoms. The molecule has 15 heteroatoms. The minimum atomic E-state index is -5.25. The van der Waals surface area contributed by atoms with Gasteiger partial charge in [0.25, 0.3) is 0 Å². The van der Waals surface area contributed by atoms with Crippen molar-refractivity contribution in [2.45, 2.75) is 58.4 Å². The minimum absolute atomic E-state index is 0.198. The SMILES string of the molecule is CC(=O)OC[C@@H](OC(C)=O)C1O[C@@H](OP(=O)(O)O)C(OC(C)=O)C(C=O)[C@@H]1OC(C)=O. The molecule has 0 radical (unpaired) electrons. The summed E-state index contributed by atoms with van der Waals surface area (Å²) in [7, 11) is -5.25. The summed E-state index contributed by atoms with van der Waals surface area (Å²) < 4.78 is 41.2. The maximum atomic E-state index is 11.8. The summed E-state index contributed by atoms with van der Waals surface area (Å²) in [5, 5.41) is 0. The Bertz CT molecular complexity index is 745. The van der Waals surface area contributed by atoms with E-state index in [1.807, 2.05) is 0 Å². The molecule has 0 aromatic carbocycles. The van der Waals surface area contributed by atoms with E-state index < -0.39 is 74.9 Å². The monoisotopic (exact) mass is 470 g/mol. The molecular weight excluding hydrogens is 447 g/mol. The van der Waals surface area contributed by atoms with E-state index in [4.69, 9.17) is 23.7 Å². The van der Waals surface area contributed by atoms with Crippen molar-refractivity contribution in [1.82, 2.24) is 0 Å². The molecule has 2 N–H and O–H groups in total. The molecule has 0 spiro atoms. The normalized spacial score (nSPS) is 26.8. The Hall–Kier alpha value is -2.38. The lowest BCUT2D eigenvalue weighted by Crippen LogP contribution is -2.62. The average molecular weight is 470 g/mol. The van der Waals surface area contributed by atoms with Crippen LogP contribution in [-0.2, 0) is 56.7 Å². The fourth-order valence-electron chi connectivity index (χ4n) is 2.84. The van der Waals surface area contributed by atoms with Crippen molar-refractivity contribution in [1.29, 1.82) is 0 Å². The van der Waals surface area contributed by atoms with Crippen LogP contribution in [0.3, 0.4) is 0 Å². The minimum Gasteiger partial charge on any atom is -0.462 e. The number of hydrogen-bond donors (Lipinski definition) is 2. The number of phosphoric acid groups is 1. The van der Waals surface area contributed by atoms with E-state index in [0.717, 1.165) is 27.7 Å². The standard InChI is InChI=1S/C16H23O14P/c1-7(18)25-6-12(26-8(2)19)15-13(27-9(3)20)11(5-17)14(28-10(4)21)16(29-15)30-31(22,23)24/h5,11-16H,6H2,1-4H3,(H2,22,23,24)/t11?,12-,13+,14?,15?,16+/m1/s1. The summed E-state index contributed by atoms with van der Waals surface area (Å²) in [5.74, 6) is -5.07.